The summed E-state index contributed by atoms with van der Waals surface area (Å²) in [6.45, 7) is 8.23. The molecule has 0 saturated heterocycles. The zero-order valence-corrected chi connectivity index (χ0v) is 13.6. The lowest BCUT2D eigenvalue weighted by Gasteiger charge is -2.11. The van der Waals surface area contributed by atoms with Crippen LogP contribution in [0.3, 0.4) is 0 Å². The van der Waals surface area contributed by atoms with Gasteiger partial charge in [-0.3, -0.25) is 4.79 Å². The van der Waals surface area contributed by atoms with Crippen molar-refractivity contribution in [3.8, 4) is 5.75 Å². The van der Waals surface area contributed by atoms with Crippen molar-refractivity contribution in [2.24, 2.45) is 0 Å². The van der Waals surface area contributed by atoms with E-state index in [-0.39, 0.29) is 12.0 Å². The third kappa shape index (κ3) is 4.35. The van der Waals surface area contributed by atoms with Crippen LogP contribution in [0.1, 0.15) is 49.5 Å². The predicted octanol–water partition coefficient (Wildman–Crippen LogP) is 4.85. The van der Waals surface area contributed by atoms with Gasteiger partial charge in [0.15, 0.2) is 0 Å². The molecule has 2 rings (SSSR count). The van der Waals surface area contributed by atoms with Crippen LogP contribution in [0.2, 0.25) is 0 Å². The molecule has 0 aliphatic heterocycles. The molecule has 2 aromatic rings. The Bertz CT molecular complexity index is 613. The van der Waals surface area contributed by atoms with Crippen LogP contribution in [0.5, 0.6) is 5.75 Å². The second-order valence-corrected chi connectivity index (χ2v) is 5.92. The Balaban J connectivity index is 2.02. The minimum Gasteiger partial charge on any atom is -0.491 e. The van der Waals surface area contributed by atoms with Gasteiger partial charge in [-0.15, -0.1) is 0 Å². The maximum absolute atomic E-state index is 12.2. The molecule has 0 aromatic heterocycles. The summed E-state index contributed by atoms with van der Waals surface area (Å²) in [5.74, 6) is 1.16. The average Bonchev–Trinajstić information content (AvgIpc) is 2.49. The van der Waals surface area contributed by atoms with E-state index in [1.54, 1.807) is 0 Å². The summed E-state index contributed by atoms with van der Waals surface area (Å²) in [7, 11) is 0. The molecule has 0 aliphatic rings. The van der Waals surface area contributed by atoms with Crippen molar-refractivity contribution in [3.63, 3.8) is 0 Å². The fourth-order valence-corrected chi connectivity index (χ4v) is 2.11. The quantitative estimate of drug-likeness (QED) is 0.856. The minimum absolute atomic E-state index is 0.104. The van der Waals surface area contributed by atoms with Crippen molar-refractivity contribution in [2.45, 2.75) is 39.7 Å². The summed E-state index contributed by atoms with van der Waals surface area (Å²) >= 11 is 0. The Hall–Kier alpha value is -2.29. The molecule has 0 fully saturated rings. The van der Waals surface area contributed by atoms with E-state index in [9.17, 15) is 4.79 Å². The van der Waals surface area contributed by atoms with Crippen LogP contribution in [0, 0.1) is 0 Å². The largest absolute Gasteiger partial charge is 0.491 e. The normalized spacial score (nSPS) is 10.8. The topological polar surface area (TPSA) is 38.3 Å². The molecule has 1 amide bonds. The van der Waals surface area contributed by atoms with Crippen molar-refractivity contribution in [3.05, 3.63) is 59.7 Å². The molecular formula is C19H23NO2. The van der Waals surface area contributed by atoms with E-state index in [0.29, 0.717) is 11.5 Å². The highest BCUT2D eigenvalue weighted by Crippen LogP contribution is 2.19. The van der Waals surface area contributed by atoms with Crippen molar-refractivity contribution in [2.75, 3.05) is 5.32 Å². The van der Waals surface area contributed by atoms with E-state index >= 15 is 0 Å². The highest BCUT2D eigenvalue weighted by atomic mass is 16.5. The summed E-state index contributed by atoms with van der Waals surface area (Å²) in [5.41, 5.74) is 2.65. The SMILES string of the molecule is CC(C)Oc1ccc(NC(=O)c2ccc(C(C)C)cc2)cc1. The average molecular weight is 297 g/mol. The van der Waals surface area contributed by atoms with Crippen LogP contribution in [-0.2, 0) is 0 Å². The molecule has 0 radical (unpaired) electrons. The van der Waals surface area contributed by atoms with Gasteiger partial charge in [-0.05, 0) is 61.7 Å². The number of hydrogen-bond donors (Lipinski definition) is 1. The Morgan fingerprint density at radius 3 is 2.00 bits per heavy atom. The zero-order valence-electron chi connectivity index (χ0n) is 13.6. The number of amides is 1. The maximum Gasteiger partial charge on any atom is 0.255 e. The fraction of sp³-hybridized carbons (Fsp3) is 0.316. The maximum atomic E-state index is 12.2. The van der Waals surface area contributed by atoms with Gasteiger partial charge < -0.3 is 10.1 Å². The number of benzene rings is 2. The number of rotatable bonds is 5. The molecule has 0 saturated carbocycles. The van der Waals surface area contributed by atoms with E-state index in [1.165, 1.54) is 5.56 Å². The van der Waals surface area contributed by atoms with Gasteiger partial charge in [0.25, 0.3) is 5.91 Å². The first-order chi connectivity index (χ1) is 10.5. The summed E-state index contributed by atoms with van der Waals surface area (Å²) in [6, 6.07) is 15.1. The van der Waals surface area contributed by atoms with Crippen molar-refractivity contribution < 1.29 is 9.53 Å². The van der Waals surface area contributed by atoms with E-state index in [4.69, 9.17) is 4.74 Å². The molecule has 0 unspecified atom stereocenters. The highest BCUT2D eigenvalue weighted by Gasteiger charge is 2.07. The molecule has 0 atom stereocenters. The first-order valence-electron chi connectivity index (χ1n) is 7.63. The van der Waals surface area contributed by atoms with Crippen LogP contribution in [-0.4, -0.2) is 12.0 Å². The van der Waals surface area contributed by atoms with E-state index in [0.717, 1.165) is 11.4 Å². The second-order valence-electron chi connectivity index (χ2n) is 5.92. The van der Waals surface area contributed by atoms with Crippen LogP contribution >= 0.6 is 0 Å². The first kappa shape index (κ1) is 16.1. The van der Waals surface area contributed by atoms with Gasteiger partial charge in [0.05, 0.1) is 6.10 Å². The Labute approximate surface area is 132 Å². The smallest absolute Gasteiger partial charge is 0.255 e. The zero-order chi connectivity index (χ0) is 16.1. The van der Waals surface area contributed by atoms with Gasteiger partial charge in [0, 0.05) is 11.3 Å². The summed E-state index contributed by atoms with van der Waals surface area (Å²) in [4.78, 5) is 12.2. The molecule has 0 heterocycles. The minimum atomic E-state index is -0.104. The second kappa shape index (κ2) is 7.12. The van der Waals surface area contributed by atoms with Crippen molar-refractivity contribution in [1.29, 1.82) is 0 Å². The number of nitrogens with one attached hydrogen (secondary N) is 1. The first-order valence-corrected chi connectivity index (χ1v) is 7.63. The monoisotopic (exact) mass is 297 g/mol. The molecular weight excluding hydrogens is 274 g/mol. The Kier molecular flexibility index (Phi) is 5.21. The standard InChI is InChI=1S/C19H23NO2/c1-13(2)15-5-7-16(8-6-15)19(21)20-17-9-11-18(12-10-17)22-14(3)4/h5-14H,1-4H3,(H,20,21). The third-order valence-corrected chi connectivity index (χ3v) is 3.32. The van der Waals surface area contributed by atoms with Crippen LogP contribution < -0.4 is 10.1 Å². The van der Waals surface area contributed by atoms with Crippen LogP contribution in [0.4, 0.5) is 5.69 Å². The van der Waals surface area contributed by atoms with Crippen LogP contribution in [0.15, 0.2) is 48.5 Å². The van der Waals surface area contributed by atoms with Gasteiger partial charge in [0.2, 0.25) is 0 Å². The predicted molar refractivity (Wildman–Crippen MR) is 90.7 cm³/mol. The van der Waals surface area contributed by atoms with Crippen molar-refractivity contribution in [1.82, 2.24) is 0 Å². The molecule has 0 aliphatic carbocycles. The lowest BCUT2D eigenvalue weighted by atomic mass is 10.0. The molecule has 22 heavy (non-hydrogen) atoms. The third-order valence-electron chi connectivity index (χ3n) is 3.32. The Morgan fingerprint density at radius 1 is 0.909 bits per heavy atom. The van der Waals surface area contributed by atoms with E-state index < -0.39 is 0 Å². The number of carbonyl (C=O) groups is 1. The van der Waals surface area contributed by atoms with Crippen molar-refractivity contribution >= 4 is 11.6 Å². The number of carbonyl (C=O) groups excluding carboxylic acids is 1. The molecule has 1 N–H and O–H groups in total. The number of ether oxygens (including phenoxy) is 1. The van der Waals surface area contributed by atoms with E-state index in [1.807, 2.05) is 62.4 Å². The lowest BCUT2D eigenvalue weighted by Crippen LogP contribution is -2.12. The Morgan fingerprint density at radius 2 is 1.50 bits per heavy atom. The van der Waals surface area contributed by atoms with Gasteiger partial charge in [-0.1, -0.05) is 26.0 Å². The number of anilines is 1. The van der Waals surface area contributed by atoms with Gasteiger partial charge in [-0.2, -0.15) is 0 Å². The molecule has 0 bridgehead atoms. The van der Waals surface area contributed by atoms with Crippen LogP contribution in [0.25, 0.3) is 0 Å². The summed E-state index contributed by atoms with van der Waals surface area (Å²) in [6.07, 6.45) is 0.139. The van der Waals surface area contributed by atoms with Gasteiger partial charge >= 0.3 is 0 Å². The lowest BCUT2D eigenvalue weighted by molar-refractivity contribution is 0.102. The summed E-state index contributed by atoms with van der Waals surface area (Å²) < 4.78 is 5.58. The van der Waals surface area contributed by atoms with E-state index in [2.05, 4.69) is 19.2 Å². The highest BCUT2D eigenvalue weighted by molar-refractivity contribution is 6.04. The summed E-state index contributed by atoms with van der Waals surface area (Å²) in [5, 5.41) is 2.89. The molecule has 2 aromatic carbocycles. The number of hydrogen-bond acceptors (Lipinski definition) is 2. The molecule has 3 nitrogen and oxygen atoms in total. The molecule has 116 valence electrons. The van der Waals surface area contributed by atoms with Gasteiger partial charge in [0.1, 0.15) is 5.75 Å². The molecule has 0 spiro atoms. The fourth-order valence-electron chi connectivity index (χ4n) is 2.11. The molecule has 3 heteroatoms. The van der Waals surface area contributed by atoms with Gasteiger partial charge in [-0.25, -0.2) is 0 Å².